The fourth-order valence-corrected chi connectivity index (χ4v) is 3.17. The highest BCUT2D eigenvalue weighted by Crippen LogP contribution is 2.26. The quantitative estimate of drug-likeness (QED) is 0.869. The Hall–Kier alpha value is -1.56. The molecule has 1 saturated heterocycles. The zero-order valence-corrected chi connectivity index (χ0v) is 13.0. The zero-order chi connectivity index (χ0) is 14.9. The van der Waals surface area contributed by atoms with Crippen molar-refractivity contribution in [2.24, 2.45) is 5.92 Å². The van der Waals surface area contributed by atoms with E-state index >= 15 is 0 Å². The Morgan fingerprint density at radius 2 is 2.10 bits per heavy atom. The molecule has 1 fully saturated rings. The number of likely N-dealkylation sites (tertiary alicyclic amines) is 1. The van der Waals surface area contributed by atoms with E-state index in [9.17, 15) is 9.59 Å². The van der Waals surface area contributed by atoms with Crippen LogP contribution in [0.3, 0.4) is 0 Å². The lowest BCUT2D eigenvalue weighted by molar-refractivity contribution is -0.142. The molecule has 1 aromatic carbocycles. The third-order valence-corrected chi connectivity index (χ3v) is 4.08. The number of aliphatic carboxylic acids is 1. The summed E-state index contributed by atoms with van der Waals surface area (Å²) in [5.74, 6) is -1.32. The van der Waals surface area contributed by atoms with E-state index in [0.29, 0.717) is 18.7 Å². The fraction of sp³-hybridized carbons (Fsp3) is 0.429. The van der Waals surface area contributed by atoms with Gasteiger partial charge in [0.15, 0.2) is 0 Å². The lowest BCUT2D eigenvalue weighted by Crippen LogP contribution is -2.40. The molecule has 0 aromatic heterocycles. The minimum Gasteiger partial charge on any atom is -0.481 e. The molecular formula is C14H17BrN2O3. The van der Waals surface area contributed by atoms with E-state index in [1.165, 1.54) is 0 Å². The molecule has 2 N–H and O–H groups in total. The van der Waals surface area contributed by atoms with Crippen molar-refractivity contribution in [3.63, 3.8) is 0 Å². The average molecular weight is 341 g/mol. The van der Waals surface area contributed by atoms with Crippen LogP contribution in [0.15, 0.2) is 22.7 Å². The van der Waals surface area contributed by atoms with Gasteiger partial charge in [-0.1, -0.05) is 15.9 Å². The summed E-state index contributed by atoms with van der Waals surface area (Å²) in [6, 6.07) is 5.10. The van der Waals surface area contributed by atoms with Gasteiger partial charge in [0.05, 0.1) is 5.92 Å². The van der Waals surface area contributed by atoms with E-state index in [4.69, 9.17) is 5.11 Å². The minimum absolute atomic E-state index is 0.251. The molecule has 108 valence electrons. The first-order chi connectivity index (χ1) is 9.38. The molecule has 6 heteroatoms. The summed E-state index contributed by atoms with van der Waals surface area (Å²) in [5, 5.41) is 11.9. The van der Waals surface area contributed by atoms with Crippen molar-refractivity contribution in [3.8, 4) is 0 Å². The van der Waals surface area contributed by atoms with Crippen LogP contribution in [-0.2, 0) is 4.79 Å². The number of carbonyl (C=O) groups is 2. The molecule has 1 aliphatic rings. The van der Waals surface area contributed by atoms with E-state index in [-0.39, 0.29) is 12.1 Å². The maximum absolute atomic E-state index is 12.2. The Labute approximate surface area is 126 Å². The number of amides is 2. The van der Waals surface area contributed by atoms with E-state index in [2.05, 4.69) is 21.2 Å². The number of rotatable bonds is 2. The smallest absolute Gasteiger partial charge is 0.322 e. The molecule has 20 heavy (non-hydrogen) atoms. The summed E-state index contributed by atoms with van der Waals surface area (Å²) >= 11 is 3.38. The number of hydrogen-bond donors (Lipinski definition) is 2. The number of anilines is 1. The monoisotopic (exact) mass is 340 g/mol. The van der Waals surface area contributed by atoms with Gasteiger partial charge in [-0.25, -0.2) is 4.79 Å². The molecule has 5 nitrogen and oxygen atoms in total. The summed E-state index contributed by atoms with van der Waals surface area (Å²) in [6.45, 7) is 4.19. The number of nitrogens with zero attached hydrogens (tertiary/aromatic N) is 1. The van der Waals surface area contributed by atoms with Crippen molar-refractivity contribution in [1.29, 1.82) is 0 Å². The van der Waals surface area contributed by atoms with Gasteiger partial charge < -0.3 is 15.3 Å². The van der Waals surface area contributed by atoms with Crippen molar-refractivity contribution in [1.82, 2.24) is 4.90 Å². The SMILES string of the molecule is Cc1cc(Br)cc(NC(=O)N2CCC(C(=O)O)C2C)c1. The van der Waals surface area contributed by atoms with Gasteiger partial charge in [-0.3, -0.25) is 4.79 Å². The lowest BCUT2D eigenvalue weighted by atomic mass is 10.0. The van der Waals surface area contributed by atoms with Gasteiger partial charge in [0.25, 0.3) is 0 Å². The number of urea groups is 1. The van der Waals surface area contributed by atoms with Gasteiger partial charge >= 0.3 is 12.0 Å². The highest BCUT2D eigenvalue weighted by Gasteiger charge is 2.38. The average Bonchev–Trinajstić information content (AvgIpc) is 2.69. The third-order valence-electron chi connectivity index (χ3n) is 3.63. The van der Waals surface area contributed by atoms with Crippen LogP contribution in [0.4, 0.5) is 10.5 Å². The Balaban J connectivity index is 2.07. The van der Waals surface area contributed by atoms with Gasteiger partial charge in [0.2, 0.25) is 0 Å². The molecule has 0 aliphatic carbocycles. The van der Waals surface area contributed by atoms with Crippen LogP contribution >= 0.6 is 15.9 Å². The van der Waals surface area contributed by atoms with Crippen molar-refractivity contribution in [2.45, 2.75) is 26.3 Å². The van der Waals surface area contributed by atoms with Crippen molar-refractivity contribution >= 4 is 33.6 Å². The molecule has 0 spiro atoms. The molecule has 1 aliphatic heterocycles. The number of carbonyl (C=O) groups excluding carboxylic acids is 1. The largest absolute Gasteiger partial charge is 0.481 e. The Kier molecular flexibility index (Phi) is 4.32. The normalized spacial score (nSPS) is 21.9. The Morgan fingerprint density at radius 1 is 1.40 bits per heavy atom. The molecule has 0 saturated carbocycles. The number of hydrogen-bond acceptors (Lipinski definition) is 2. The number of halogens is 1. The van der Waals surface area contributed by atoms with Crippen LogP contribution in [0.5, 0.6) is 0 Å². The summed E-state index contributed by atoms with van der Waals surface area (Å²) in [7, 11) is 0. The van der Waals surface area contributed by atoms with Gasteiger partial charge in [-0.2, -0.15) is 0 Å². The Morgan fingerprint density at radius 3 is 2.65 bits per heavy atom. The van der Waals surface area contributed by atoms with Gasteiger partial charge in [0, 0.05) is 22.7 Å². The summed E-state index contributed by atoms with van der Waals surface area (Å²) in [4.78, 5) is 24.9. The third kappa shape index (κ3) is 3.12. The van der Waals surface area contributed by atoms with Gasteiger partial charge in [-0.05, 0) is 44.0 Å². The molecule has 2 rings (SSSR count). The molecule has 2 amide bonds. The molecule has 0 bridgehead atoms. The van der Waals surface area contributed by atoms with E-state index in [1.807, 2.05) is 25.1 Å². The van der Waals surface area contributed by atoms with Gasteiger partial charge in [-0.15, -0.1) is 0 Å². The number of benzene rings is 1. The van der Waals surface area contributed by atoms with E-state index in [1.54, 1.807) is 11.8 Å². The molecule has 1 aromatic rings. The van der Waals surface area contributed by atoms with Crippen molar-refractivity contribution in [2.75, 3.05) is 11.9 Å². The second-order valence-electron chi connectivity index (χ2n) is 5.11. The second kappa shape index (κ2) is 5.83. The molecule has 2 unspecified atom stereocenters. The molecule has 1 heterocycles. The summed E-state index contributed by atoms with van der Waals surface area (Å²) in [5.41, 5.74) is 1.74. The van der Waals surface area contributed by atoms with Crippen LogP contribution in [0.25, 0.3) is 0 Å². The van der Waals surface area contributed by atoms with Crippen LogP contribution in [0.1, 0.15) is 18.9 Å². The topological polar surface area (TPSA) is 69.6 Å². The van der Waals surface area contributed by atoms with Crippen LogP contribution in [0.2, 0.25) is 0 Å². The summed E-state index contributed by atoms with van der Waals surface area (Å²) < 4.78 is 0.894. The standard InChI is InChI=1S/C14H17BrN2O3/c1-8-5-10(15)7-11(6-8)16-14(20)17-4-3-12(9(17)2)13(18)19/h5-7,9,12H,3-4H2,1-2H3,(H,16,20)(H,18,19). The first kappa shape index (κ1) is 14.8. The maximum atomic E-state index is 12.2. The molecule has 2 atom stereocenters. The van der Waals surface area contributed by atoms with Gasteiger partial charge in [0.1, 0.15) is 0 Å². The maximum Gasteiger partial charge on any atom is 0.322 e. The first-order valence-electron chi connectivity index (χ1n) is 6.46. The fourth-order valence-electron chi connectivity index (χ4n) is 2.56. The van der Waals surface area contributed by atoms with Crippen LogP contribution < -0.4 is 5.32 Å². The lowest BCUT2D eigenvalue weighted by Gasteiger charge is -2.23. The first-order valence-corrected chi connectivity index (χ1v) is 7.25. The van der Waals surface area contributed by atoms with E-state index < -0.39 is 11.9 Å². The number of aryl methyl sites for hydroxylation is 1. The highest BCUT2D eigenvalue weighted by atomic mass is 79.9. The Bertz CT molecular complexity index is 527. The van der Waals surface area contributed by atoms with Crippen LogP contribution in [-0.4, -0.2) is 34.6 Å². The highest BCUT2D eigenvalue weighted by molar-refractivity contribution is 9.10. The van der Waals surface area contributed by atoms with Crippen molar-refractivity contribution < 1.29 is 14.7 Å². The van der Waals surface area contributed by atoms with Crippen molar-refractivity contribution in [3.05, 3.63) is 28.2 Å². The molecular weight excluding hydrogens is 324 g/mol. The predicted octanol–water partition coefficient (Wildman–Crippen LogP) is 3.08. The summed E-state index contributed by atoms with van der Waals surface area (Å²) in [6.07, 6.45) is 0.501. The second-order valence-corrected chi connectivity index (χ2v) is 6.03. The number of carboxylic acids is 1. The minimum atomic E-state index is -0.842. The zero-order valence-electron chi connectivity index (χ0n) is 11.4. The number of carboxylic acid groups (broad SMARTS) is 1. The van der Waals surface area contributed by atoms with Crippen LogP contribution in [0, 0.1) is 12.8 Å². The number of nitrogens with one attached hydrogen (secondary N) is 1. The predicted molar refractivity (Wildman–Crippen MR) is 79.8 cm³/mol. The molecule has 0 radical (unpaired) electrons. The van der Waals surface area contributed by atoms with E-state index in [0.717, 1.165) is 10.0 Å².